The van der Waals surface area contributed by atoms with Crippen LogP contribution in [0.3, 0.4) is 0 Å². The van der Waals surface area contributed by atoms with Crippen LogP contribution in [0.1, 0.15) is 84.0 Å². The van der Waals surface area contributed by atoms with Crippen LogP contribution < -0.4 is 11.1 Å². The van der Waals surface area contributed by atoms with Crippen LogP contribution in [-0.4, -0.2) is 59.1 Å². The highest BCUT2D eigenvalue weighted by atomic mass is 19.4. The van der Waals surface area contributed by atoms with Crippen LogP contribution in [0.15, 0.2) is 0 Å². The van der Waals surface area contributed by atoms with E-state index in [2.05, 4.69) is 5.32 Å². The summed E-state index contributed by atoms with van der Waals surface area (Å²) in [6.07, 6.45) is 2.78. The van der Waals surface area contributed by atoms with Gasteiger partial charge in [-0.3, -0.25) is 9.59 Å². The zero-order valence-electron chi connectivity index (χ0n) is 19.3. The van der Waals surface area contributed by atoms with Gasteiger partial charge in [0.2, 0.25) is 12.0 Å². The van der Waals surface area contributed by atoms with Crippen LogP contribution in [-0.2, 0) is 19.1 Å². The van der Waals surface area contributed by atoms with E-state index in [0.717, 1.165) is 64.2 Å². The Bertz CT molecular complexity index is 716. The fourth-order valence-corrected chi connectivity index (χ4v) is 5.56. The third kappa shape index (κ3) is 6.19. The predicted molar refractivity (Wildman–Crippen MR) is 115 cm³/mol. The molecule has 3 fully saturated rings. The number of halogens is 3. The van der Waals surface area contributed by atoms with Crippen molar-refractivity contribution in [3.63, 3.8) is 0 Å². The second-order valence-electron chi connectivity index (χ2n) is 9.99. The van der Waals surface area contributed by atoms with E-state index in [1.807, 2.05) is 0 Å². The molecular weight excluding hydrogens is 439 g/mol. The molecule has 2 aliphatic carbocycles. The van der Waals surface area contributed by atoms with Gasteiger partial charge in [-0.1, -0.05) is 38.5 Å². The Kier molecular flexibility index (Phi) is 8.29. The summed E-state index contributed by atoms with van der Waals surface area (Å²) in [5, 5.41) is 2.76. The van der Waals surface area contributed by atoms with Gasteiger partial charge in [0.05, 0.1) is 11.6 Å². The van der Waals surface area contributed by atoms with Crippen molar-refractivity contribution < 1.29 is 32.3 Å². The van der Waals surface area contributed by atoms with E-state index < -0.39 is 41.6 Å². The minimum absolute atomic E-state index is 0.0350. The van der Waals surface area contributed by atoms with Gasteiger partial charge in [-0.25, -0.2) is 4.79 Å². The number of amides is 2. The zero-order valence-corrected chi connectivity index (χ0v) is 19.3. The first kappa shape index (κ1) is 25.8. The fourth-order valence-electron chi connectivity index (χ4n) is 5.56. The molecule has 1 heterocycles. The van der Waals surface area contributed by atoms with Crippen LogP contribution in [0, 0.1) is 5.92 Å². The van der Waals surface area contributed by atoms with E-state index in [0.29, 0.717) is 6.42 Å². The minimum atomic E-state index is -5.23. The largest absolute Gasteiger partial charge is 0.490 e. The lowest BCUT2D eigenvalue weighted by Gasteiger charge is -2.41. The number of hydrogen-bond donors (Lipinski definition) is 2. The van der Waals surface area contributed by atoms with Gasteiger partial charge in [-0.2, -0.15) is 13.2 Å². The molecule has 3 rings (SSSR count). The summed E-state index contributed by atoms with van der Waals surface area (Å²) < 4.78 is 43.7. The average molecular weight is 476 g/mol. The Labute approximate surface area is 192 Å². The Hall–Kier alpha value is -1.84. The molecule has 3 N–H and O–H groups in total. The summed E-state index contributed by atoms with van der Waals surface area (Å²) in [6, 6.07) is -1.15. The molecule has 7 nitrogen and oxygen atoms in total. The van der Waals surface area contributed by atoms with Gasteiger partial charge in [-0.05, 0) is 51.4 Å². The Morgan fingerprint density at radius 2 is 1.52 bits per heavy atom. The standard InChI is InChI=1S/C23H36F3N3O4/c1-22(27,15-9-4-2-5-10-15)20(31)29-14-8-13-17(29)18(33-21(32)23(24,25)26)19(30)28-16-11-6-3-7-12-16/h15-18H,2-14,27H2,1H3,(H,28,30)/t17?,18?,22-/m1/s1. The molecule has 3 atom stereocenters. The average Bonchev–Trinajstić information content (AvgIpc) is 3.26. The molecule has 10 heteroatoms. The summed E-state index contributed by atoms with van der Waals surface area (Å²) in [7, 11) is 0. The third-order valence-corrected chi connectivity index (χ3v) is 7.50. The molecule has 1 saturated heterocycles. The number of rotatable bonds is 6. The topological polar surface area (TPSA) is 102 Å². The van der Waals surface area contributed by atoms with Crippen molar-refractivity contribution in [2.24, 2.45) is 11.7 Å². The molecule has 33 heavy (non-hydrogen) atoms. The molecule has 188 valence electrons. The summed E-state index contributed by atoms with van der Waals surface area (Å²) in [4.78, 5) is 39.6. The second kappa shape index (κ2) is 10.6. The Morgan fingerprint density at radius 3 is 2.09 bits per heavy atom. The van der Waals surface area contributed by atoms with Crippen molar-refractivity contribution in [1.29, 1.82) is 0 Å². The number of nitrogens with two attached hydrogens (primary N) is 1. The SMILES string of the molecule is C[C@](N)(C(=O)N1CCCC1C(OC(=O)C(F)(F)F)C(=O)NC1CCCCC1)C1CCCCC1. The first-order chi connectivity index (χ1) is 15.5. The number of ether oxygens (including phenoxy) is 1. The second-order valence-corrected chi connectivity index (χ2v) is 9.99. The lowest BCUT2D eigenvalue weighted by molar-refractivity contribution is -0.208. The predicted octanol–water partition coefficient (Wildman–Crippen LogP) is 3.20. The molecule has 0 spiro atoms. The number of hydrogen-bond acceptors (Lipinski definition) is 5. The number of likely N-dealkylation sites (tertiary alicyclic amines) is 1. The maximum absolute atomic E-state index is 13.5. The first-order valence-electron chi connectivity index (χ1n) is 12.2. The van der Waals surface area contributed by atoms with Crippen molar-refractivity contribution >= 4 is 17.8 Å². The highest BCUT2D eigenvalue weighted by Gasteiger charge is 2.50. The van der Waals surface area contributed by atoms with E-state index >= 15 is 0 Å². The molecule has 3 aliphatic rings. The van der Waals surface area contributed by atoms with Crippen molar-refractivity contribution in [2.75, 3.05) is 6.54 Å². The van der Waals surface area contributed by atoms with Gasteiger partial charge in [0.15, 0.2) is 0 Å². The van der Waals surface area contributed by atoms with Crippen molar-refractivity contribution in [1.82, 2.24) is 10.2 Å². The monoisotopic (exact) mass is 475 g/mol. The van der Waals surface area contributed by atoms with E-state index in [-0.39, 0.29) is 24.9 Å². The molecule has 0 radical (unpaired) electrons. The Morgan fingerprint density at radius 1 is 0.939 bits per heavy atom. The van der Waals surface area contributed by atoms with E-state index in [1.165, 1.54) is 4.90 Å². The lowest BCUT2D eigenvalue weighted by Crippen LogP contribution is -2.62. The number of carbonyl (C=O) groups is 3. The number of nitrogens with one attached hydrogen (secondary N) is 1. The quantitative estimate of drug-likeness (QED) is 0.575. The summed E-state index contributed by atoms with van der Waals surface area (Å²) >= 11 is 0. The molecule has 0 bridgehead atoms. The summed E-state index contributed by atoms with van der Waals surface area (Å²) in [6.45, 7) is 1.93. The van der Waals surface area contributed by atoms with Crippen LogP contribution in [0.25, 0.3) is 0 Å². The highest BCUT2D eigenvalue weighted by molar-refractivity contribution is 5.90. The molecule has 0 aromatic carbocycles. The molecule has 2 unspecified atom stereocenters. The van der Waals surface area contributed by atoms with E-state index in [1.54, 1.807) is 6.92 Å². The van der Waals surface area contributed by atoms with Crippen molar-refractivity contribution in [2.45, 2.75) is 114 Å². The zero-order chi connectivity index (χ0) is 24.2. The molecule has 0 aromatic heterocycles. The number of alkyl halides is 3. The van der Waals surface area contributed by atoms with Crippen molar-refractivity contribution in [3.05, 3.63) is 0 Å². The van der Waals surface area contributed by atoms with Gasteiger partial charge in [0, 0.05) is 12.6 Å². The summed E-state index contributed by atoms with van der Waals surface area (Å²) in [5.74, 6) is -3.63. The van der Waals surface area contributed by atoms with Gasteiger partial charge in [-0.15, -0.1) is 0 Å². The number of esters is 1. The molecule has 0 aromatic rings. The maximum atomic E-state index is 13.5. The summed E-state index contributed by atoms with van der Waals surface area (Å²) in [5.41, 5.74) is 5.30. The van der Waals surface area contributed by atoms with Crippen LogP contribution in [0.4, 0.5) is 13.2 Å². The van der Waals surface area contributed by atoms with Gasteiger partial charge >= 0.3 is 12.1 Å². The van der Waals surface area contributed by atoms with E-state index in [4.69, 9.17) is 10.5 Å². The lowest BCUT2D eigenvalue weighted by atomic mass is 9.75. The molecule has 2 saturated carbocycles. The molecular formula is C23H36F3N3O4. The maximum Gasteiger partial charge on any atom is 0.490 e. The Balaban J connectivity index is 1.80. The van der Waals surface area contributed by atoms with Crippen molar-refractivity contribution in [3.8, 4) is 0 Å². The highest BCUT2D eigenvalue weighted by Crippen LogP contribution is 2.35. The van der Waals surface area contributed by atoms with Gasteiger partial charge in [0.25, 0.3) is 5.91 Å². The third-order valence-electron chi connectivity index (χ3n) is 7.50. The number of nitrogens with zero attached hydrogens (tertiary/aromatic N) is 1. The molecule has 2 amide bonds. The minimum Gasteiger partial charge on any atom is -0.443 e. The smallest absolute Gasteiger partial charge is 0.443 e. The fraction of sp³-hybridized carbons (Fsp3) is 0.870. The van der Waals surface area contributed by atoms with E-state index in [9.17, 15) is 27.6 Å². The van der Waals surface area contributed by atoms with Crippen LogP contribution in [0.2, 0.25) is 0 Å². The van der Waals surface area contributed by atoms with Crippen LogP contribution >= 0.6 is 0 Å². The molecule has 1 aliphatic heterocycles. The number of carbonyl (C=O) groups excluding carboxylic acids is 3. The van der Waals surface area contributed by atoms with Crippen LogP contribution in [0.5, 0.6) is 0 Å². The normalized spacial score (nSPS) is 25.8. The van der Waals surface area contributed by atoms with Gasteiger partial charge in [0.1, 0.15) is 0 Å². The van der Waals surface area contributed by atoms with Gasteiger partial charge < -0.3 is 20.7 Å². The first-order valence-corrected chi connectivity index (χ1v) is 12.2.